The van der Waals surface area contributed by atoms with Crippen LogP contribution in [-0.2, 0) is 4.79 Å². The summed E-state index contributed by atoms with van der Waals surface area (Å²) < 4.78 is 5.22. The van der Waals surface area contributed by atoms with Crippen molar-refractivity contribution in [1.29, 1.82) is 0 Å². The molecule has 0 unspecified atom stereocenters. The number of aromatic amines is 2. The summed E-state index contributed by atoms with van der Waals surface area (Å²) in [4.78, 5) is 33.6. The van der Waals surface area contributed by atoms with Crippen molar-refractivity contribution < 1.29 is 9.21 Å². The van der Waals surface area contributed by atoms with Crippen LogP contribution in [0.5, 0.6) is 0 Å². The van der Waals surface area contributed by atoms with E-state index in [0.717, 1.165) is 38.8 Å². The fourth-order valence-corrected chi connectivity index (χ4v) is 3.85. The van der Waals surface area contributed by atoms with Crippen LogP contribution in [-0.4, -0.2) is 41.0 Å². The smallest absolute Gasteiger partial charge is 0.226 e. The molecule has 0 bridgehead atoms. The maximum atomic E-state index is 12.1. The van der Waals surface area contributed by atoms with Crippen molar-refractivity contribution in [2.45, 2.75) is 13.8 Å². The number of hydrogen-bond acceptors (Lipinski definition) is 7. The first-order valence-corrected chi connectivity index (χ1v) is 11.0. The van der Waals surface area contributed by atoms with Crippen molar-refractivity contribution in [3.8, 4) is 34.0 Å². The third-order valence-corrected chi connectivity index (χ3v) is 5.69. The largest absolute Gasteiger partial charge is 0.472 e. The third kappa shape index (κ3) is 3.70. The number of pyridine rings is 3. The summed E-state index contributed by atoms with van der Waals surface area (Å²) in [5, 5.41) is 11.2. The van der Waals surface area contributed by atoms with Crippen LogP contribution in [0.3, 0.4) is 0 Å². The Bertz CT molecular complexity index is 1680. The normalized spacial score (nSPS) is 11.5. The number of rotatable bonds is 5. The molecule has 0 aromatic carbocycles. The first kappa shape index (κ1) is 20.7. The minimum Gasteiger partial charge on any atom is -0.472 e. The molecule has 6 aromatic heterocycles. The van der Waals surface area contributed by atoms with E-state index in [0.29, 0.717) is 22.9 Å². The van der Waals surface area contributed by atoms with Crippen LogP contribution in [0.2, 0.25) is 0 Å². The molecule has 1 amide bonds. The number of nitrogens with zero attached hydrogens (tertiary/aromatic N) is 5. The van der Waals surface area contributed by atoms with E-state index < -0.39 is 0 Å². The average Bonchev–Trinajstić information content (AvgIpc) is 3.62. The first-order chi connectivity index (χ1) is 17.1. The molecule has 0 radical (unpaired) electrons. The predicted octanol–water partition coefficient (Wildman–Crippen LogP) is 4.81. The summed E-state index contributed by atoms with van der Waals surface area (Å²) in [5.41, 5.74) is 6.68. The molecular formula is C25H20N8O2. The minimum absolute atomic E-state index is 0.0707. The zero-order valence-electron chi connectivity index (χ0n) is 18.9. The van der Waals surface area contributed by atoms with Gasteiger partial charge in [0.25, 0.3) is 0 Å². The van der Waals surface area contributed by atoms with Crippen LogP contribution in [0.1, 0.15) is 13.8 Å². The van der Waals surface area contributed by atoms with Gasteiger partial charge in [-0.05, 0) is 24.3 Å². The molecule has 10 nitrogen and oxygen atoms in total. The highest BCUT2D eigenvalue weighted by atomic mass is 16.3. The van der Waals surface area contributed by atoms with Crippen LogP contribution >= 0.6 is 0 Å². The van der Waals surface area contributed by atoms with Gasteiger partial charge in [0, 0.05) is 34.8 Å². The van der Waals surface area contributed by atoms with Gasteiger partial charge < -0.3 is 14.7 Å². The molecule has 172 valence electrons. The van der Waals surface area contributed by atoms with Crippen LogP contribution in [0.15, 0.2) is 66.0 Å². The van der Waals surface area contributed by atoms with Gasteiger partial charge in [-0.2, -0.15) is 5.10 Å². The molecule has 6 rings (SSSR count). The van der Waals surface area contributed by atoms with Crippen molar-refractivity contribution in [2.75, 3.05) is 5.32 Å². The molecule has 0 aliphatic carbocycles. The number of carbonyl (C=O) groups excluding carboxylic acids is 1. The van der Waals surface area contributed by atoms with E-state index >= 15 is 0 Å². The number of aromatic nitrogens is 7. The standard InChI is InChI=1S/C25H20N8O2/c1-13(2)25(34)29-16-7-15(9-26-10-16)19-8-17-20(11-28-19)32-33-22(17)24-30-18-3-5-27-21(23(18)31-24)14-4-6-35-12-14/h3-13H,1-2H3,(H,29,34)(H,30,31)(H,32,33). The highest BCUT2D eigenvalue weighted by Crippen LogP contribution is 2.32. The Balaban J connectivity index is 1.41. The number of H-pyrrole nitrogens is 2. The van der Waals surface area contributed by atoms with Gasteiger partial charge in [-0.25, -0.2) is 4.98 Å². The molecule has 0 atom stereocenters. The van der Waals surface area contributed by atoms with Crippen LogP contribution in [0.25, 0.3) is 56.0 Å². The van der Waals surface area contributed by atoms with E-state index in [1.165, 1.54) is 0 Å². The molecule has 0 fully saturated rings. The Morgan fingerprint density at radius 2 is 1.94 bits per heavy atom. The second kappa shape index (κ2) is 8.17. The van der Waals surface area contributed by atoms with Gasteiger partial charge in [0.15, 0.2) is 5.82 Å². The number of amides is 1. The minimum atomic E-state index is -0.130. The quantitative estimate of drug-likeness (QED) is 0.333. The highest BCUT2D eigenvalue weighted by molar-refractivity contribution is 5.97. The van der Waals surface area contributed by atoms with Gasteiger partial charge in [-0.1, -0.05) is 13.8 Å². The first-order valence-electron chi connectivity index (χ1n) is 11.0. The lowest BCUT2D eigenvalue weighted by molar-refractivity contribution is -0.118. The zero-order chi connectivity index (χ0) is 23.9. The third-order valence-electron chi connectivity index (χ3n) is 5.69. The van der Waals surface area contributed by atoms with Crippen molar-refractivity contribution >= 4 is 33.5 Å². The number of fused-ring (bicyclic) bond motifs is 2. The molecule has 0 saturated carbocycles. The fraction of sp³-hybridized carbons (Fsp3) is 0.120. The van der Waals surface area contributed by atoms with E-state index in [2.05, 4.69) is 35.5 Å². The maximum absolute atomic E-state index is 12.1. The van der Waals surface area contributed by atoms with E-state index in [1.54, 1.807) is 37.3 Å². The Labute approximate surface area is 198 Å². The van der Waals surface area contributed by atoms with Crippen LogP contribution in [0, 0.1) is 5.92 Å². The van der Waals surface area contributed by atoms with E-state index in [-0.39, 0.29) is 11.8 Å². The van der Waals surface area contributed by atoms with E-state index in [4.69, 9.17) is 9.40 Å². The van der Waals surface area contributed by atoms with Gasteiger partial charge in [0.2, 0.25) is 5.91 Å². The van der Waals surface area contributed by atoms with Gasteiger partial charge in [0.1, 0.15) is 16.9 Å². The summed E-state index contributed by atoms with van der Waals surface area (Å²) in [6.07, 6.45) is 10.0. The van der Waals surface area contributed by atoms with Crippen molar-refractivity contribution in [1.82, 2.24) is 35.1 Å². The molecule has 0 spiro atoms. The van der Waals surface area contributed by atoms with E-state index in [9.17, 15) is 4.79 Å². The number of furan rings is 1. The molecule has 35 heavy (non-hydrogen) atoms. The second-order valence-electron chi connectivity index (χ2n) is 8.45. The molecule has 6 aromatic rings. The fourth-order valence-electron chi connectivity index (χ4n) is 3.85. The van der Waals surface area contributed by atoms with Gasteiger partial charge in [-0.3, -0.25) is 24.8 Å². The highest BCUT2D eigenvalue weighted by Gasteiger charge is 2.17. The Morgan fingerprint density at radius 3 is 2.77 bits per heavy atom. The Morgan fingerprint density at radius 1 is 1.03 bits per heavy atom. The molecule has 3 N–H and O–H groups in total. The Kier molecular flexibility index (Phi) is 4.84. The van der Waals surface area contributed by atoms with Crippen LogP contribution < -0.4 is 5.32 Å². The lowest BCUT2D eigenvalue weighted by Crippen LogP contribution is -2.17. The number of hydrogen-bond donors (Lipinski definition) is 3. The molecule has 0 aliphatic rings. The average molecular weight is 464 g/mol. The summed E-state index contributed by atoms with van der Waals surface area (Å²) in [6, 6.07) is 7.51. The Hall–Kier alpha value is -4.86. The molecular weight excluding hydrogens is 444 g/mol. The topological polar surface area (TPSA) is 138 Å². The lowest BCUT2D eigenvalue weighted by atomic mass is 10.1. The van der Waals surface area contributed by atoms with Gasteiger partial charge >= 0.3 is 0 Å². The molecule has 0 aliphatic heterocycles. The zero-order valence-corrected chi connectivity index (χ0v) is 18.9. The van der Waals surface area contributed by atoms with Crippen molar-refractivity contribution in [3.63, 3.8) is 0 Å². The predicted molar refractivity (Wildman–Crippen MR) is 131 cm³/mol. The number of imidazole rings is 1. The lowest BCUT2D eigenvalue weighted by Gasteiger charge is -2.08. The van der Waals surface area contributed by atoms with Crippen molar-refractivity contribution in [3.05, 3.63) is 61.6 Å². The molecule has 0 saturated heterocycles. The SMILES string of the molecule is CC(C)C(=O)Nc1cncc(-c2cc3c(-c4nc5c(-c6ccoc6)nccc5[nH]4)n[nH]c3cn2)c1. The number of nitrogens with one attached hydrogen (secondary N) is 3. The van der Waals surface area contributed by atoms with Crippen molar-refractivity contribution in [2.24, 2.45) is 5.92 Å². The van der Waals surface area contributed by atoms with E-state index in [1.807, 2.05) is 38.1 Å². The summed E-state index contributed by atoms with van der Waals surface area (Å²) in [7, 11) is 0. The molecule has 6 heterocycles. The molecule has 10 heteroatoms. The van der Waals surface area contributed by atoms with Gasteiger partial charge in [0.05, 0.1) is 47.3 Å². The number of anilines is 1. The monoisotopic (exact) mass is 464 g/mol. The summed E-state index contributed by atoms with van der Waals surface area (Å²) in [6.45, 7) is 3.68. The summed E-state index contributed by atoms with van der Waals surface area (Å²) in [5.74, 6) is 0.408. The number of carbonyl (C=O) groups is 1. The second-order valence-corrected chi connectivity index (χ2v) is 8.45. The van der Waals surface area contributed by atoms with Gasteiger partial charge in [-0.15, -0.1) is 0 Å². The van der Waals surface area contributed by atoms with Crippen LogP contribution in [0.4, 0.5) is 5.69 Å². The maximum Gasteiger partial charge on any atom is 0.226 e. The summed E-state index contributed by atoms with van der Waals surface area (Å²) >= 11 is 0.